The van der Waals surface area contributed by atoms with Crippen molar-refractivity contribution >= 4 is 23.5 Å². The maximum Gasteiger partial charge on any atom is 0.358 e. The van der Waals surface area contributed by atoms with E-state index in [9.17, 15) is 4.79 Å². The molecule has 1 heterocycles. The highest BCUT2D eigenvalue weighted by Crippen LogP contribution is 2.08. The fourth-order valence-electron chi connectivity index (χ4n) is 1.24. The second kappa shape index (κ2) is 7.11. The Morgan fingerprint density at radius 2 is 2.29 bits per heavy atom. The molecule has 1 unspecified atom stereocenters. The maximum absolute atomic E-state index is 11.1. The number of anilines is 1. The van der Waals surface area contributed by atoms with Gasteiger partial charge in [-0.15, -0.1) is 10.2 Å². The van der Waals surface area contributed by atoms with E-state index in [1.165, 1.54) is 7.11 Å². The number of carbonyl (C=O) groups excluding carboxylic acids is 1. The van der Waals surface area contributed by atoms with Gasteiger partial charge >= 0.3 is 5.97 Å². The summed E-state index contributed by atoms with van der Waals surface area (Å²) in [5.74, 6) is 1.30. The second-order valence-electron chi connectivity index (χ2n) is 3.62. The number of rotatable bonds is 6. The molecule has 0 amide bonds. The van der Waals surface area contributed by atoms with Gasteiger partial charge < -0.3 is 10.1 Å². The molecule has 0 saturated carbocycles. The molecule has 0 spiro atoms. The van der Waals surface area contributed by atoms with Crippen LogP contribution in [-0.2, 0) is 4.74 Å². The van der Waals surface area contributed by atoms with Crippen molar-refractivity contribution < 1.29 is 9.53 Å². The van der Waals surface area contributed by atoms with Gasteiger partial charge in [0.05, 0.1) is 7.11 Å². The number of esters is 1. The third-order valence-corrected chi connectivity index (χ3v) is 2.85. The van der Waals surface area contributed by atoms with Gasteiger partial charge in [0.15, 0.2) is 5.69 Å². The molecule has 0 fully saturated rings. The maximum atomic E-state index is 11.1. The lowest BCUT2D eigenvalue weighted by Crippen LogP contribution is -2.17. The third kappa shape index (κ3) is 4.60. The Morgan fingerprint density at radius 1 is 1.53 bits per heavy atom. The van der Waals surface area contributed by atoms with E-state index in [-0.39, 0.29) is 5.69 Å². The molecule has 1 aromatic rings. The molecule has 0 aromatic carbocycles. The van der Waals surface area contributed by atoms with Crippen molar-refractivity contribution in [1.82, 2.24) is 10.2 Å². The van der Waals surface area contributed by atoms with Gasteiger partial charge in [-0.2, -0.15) is 11.8 Å². The third-order valence-electron chi connectivity index (χ3n) is 2.21. The molecule has 1 atom stereocenters. The van der Waals surface area contributed by atoms with Crippen molar-refractivity contribution in [3.63, 3.8) is 0 Å². The molecular formula is C11H17N3O2S. The number of carbonyl (C=O) groups is 1. The van der Waals surface area contributed by atoms with E-state index < -0.39 is 5.97 Å². The Labute approximate surface area is 105 Å². The second-order valence-corrected chi connectivity index (χ2v) is 4.61. The average molecular weight is 255 g/mol. The standard InChI is InChI=1S/C11H17N3O2S/c1-8(6-7-17-3)12-10-5-4-9(13-14-10)11(15)16-2/h4-5,8H,6-7H2,1-3H3,(H,12,14). The van der Waals surface area contributed by atoms with Crippen LogP contribution in [0.15, 0.2) is 12.1 Å². The zero-order valence-electron chi connectivity index (χ0n) is 10.3. The van der Waals surface area contributed by atoms with E-state index in [0.29, 0.717) is 11.9 Å². The highest BCUT2D eigenvalue weighted by molar-refractivity contribution is 7.98. The summed E-state index contributed by atoms with van der Waals surface area (Å²) in [5.41, 5.74) is 0.217. The van der Waals surface area contributed by atoms with Gasteiger partial charge in [-0.05, 0) is 37.5 Å². The quantitative estimate of drug-likeness (QED) is 0.782. The van der Waals surface area contributed by atoms with Crippen molar-refractivity contribution in [3.8, 4) is 0 Å². The highest BCUT2D eigenvalue weighted by Gasteiger charge is 2.08. The van der Waals surface area contributed by atoms with Crippen LogP contribution < -0.4 is 5.32 Å². The van der Waals surface area contributed by atoms with Crippen LogP contribution in [0.2, 0.25) is 0 Å². The average Bonchev–Trinajstić information content (AvgIpc) is 2.36. The van der Waals surface area contributed by atoms with E-state index >= 15 is 0 Å². The monoisotopic (exact) mass is 255 g/mol. The highest BCUT2D eigenvalue weighted by atomic mass is 32.2. The number of thioether (sulfide) groups is 1. The summed E-state index contributed by atoms with van der Waals surface area (Å²) < 4.78 is 4.55. The Bertz CT molecular complexity index is 356. The first-order chi connectivity index (χ1) is 8.17. The molecule has 6 heteroatoms. The largest absolute Gasteiger partial charge is 0.464 e. The number of ether oxygens (including phenoxy) is 1. The van der Waals surface area contributed by atoms with Crippen molar-refractivity contribution in [2.45, 2.75) is 19.4 Å². The van der Waals surface area contributed by atoms with Crippen LogP contribution in [0, 0.1) is 0 Å². The molecule has 1 N–H and O–H groups in total. The molecule has 0 aliphatic carbocycles. The summed E-state index contributed by atoms with van der Waals surface area (Å²) in [4.78, 5) is 11.1. The molecule has 0 radical (unpaired) electrons. The van der Waals surface area contributed by atoms with Crippen molar-refractivity contribution in [2.24, 2.45) is 0 Å². The van der Waals surface area contributed by atoms with Crippen molar-refractivity contribution in [3.05, 3.63) is 17.8 Å². The fraction of sp³-hybridized carbons (Fsp3) is 0.545. The summed E-state index contributed by atoms with van der Waals surface area (Å²) in [7, 11) is 1.32. The summed E-state index contributed by atoms with van der Waals surface area (Å²) in [5, 5.41) is 10.9. The minimum Gasteiger partial charge on any atom is -0.464 e. The predicted octanol–water partition coefficient (Wildman–Crippen LogP) is 1.82. The predicted molar refractivity (Wildman–Crippen MR) is 69.5 cm³/mol. The number of methoxy groups -OCH3 is 1. The molecule has 17 heavy (non-hydrogen) atoms. The van der Waals surface area contributed by atoms with Crippen LogP contribution in [0.5, 0.6) is 0 Å². The minimum atomic E-state index is -0.473. The lowest BCUT2D eigenvalue weighted by Gasteiger charge is -2.13. The topological polar surface area (TPSA) is 64.1 Å². The van der Waals surface area contributed by atoms with E-state index in [1.807, 2.05) is 11.8 Å². The summed E-state index contributed by atoms with van der Waals surface area (Å²) >= 11 is 1.81. The van der Waals surface area contributed by atoms with Gasteiger partial charge in [0.25, 0.3) is 0 Å². The van der Waals surface area contributed by atoms with Crippen molar-refractivity contribution in [2.75, 3.05) is 24.4 Å². The van der Waals surface area contributed by atoms with Crippen molar-refractivity contribution in [1.29, 1.82) is 0 Å². The van der Waals surface area contributed by atoms with E-state index in [2.05, 4.69) is 33.4 Å². The molecular weight excluding hydrogens is 238 g/mol. The molecule has 94 valence electrons. The number of hydrogen-bond acceptors (Lipinski definition) is 6. The van der Waals surface area contributed by atoms with Gasteiger partial charge in [-0.1, -0.05) is 0 Å². The summed E-state index contributed by atoms with van der Waals surface area (Å²) in [6.07, 6.45) is 3.14. The van der Waals surface area contributed by atoms with E-state index in [4.69, 9.17) is 0 Å². The summed E-state index contributed by atoms with van der Waals surface area (Å²) in [6.45, 7) is 2.09. The normalized spacial score (nSPS) is 11.9. The van der Waals surface area contributed by atoms with Gasteiger partial charge in [0.2, 0.25) is 0 Å². The van der Waals surface area contributed by atoms with Crippen LogP contribution in [-0.4, -0.2) is 41.3 Å². The molecule has 0 saturated heterocycles. The number of hydrogen-bond donors (Lipinski definition) is 1. The smallest absolute Gasteiger partial charge is 0.358 e. The van der Waals surface area contributed by atoms with E-state index in [1.54, 1.807) is 12.1 Å². The number of nitrogens with zero attached hydrogens (tertiary/aromatic N) is 2. The first kappa shape index (κ1) is 13.8. The molecule has 1 rings (SSSR count). The van der Waals surface area contributed by atoms with Crippen LogP contribution in [0.3, 0.4) is 0 Å². The Balaban J connectivity index is 2.53. The Hall–Kier alpha value is -1.30. The molecule has 1 aromatic heterocycles. The minimum absolute atomic E-state index is 0.217. The zero-order chi connectivity index (χ0) is 12.7. The van der Waals surface area contributed by atoms with Crippen LogP contribution >= 0.6 is 11.8 Å². The van der Waals surface area contributed by atoms with Crippen LogP contribution in [0.4, 0.5) is 5.82 Å². The lowest BCUT2D eigenvalue weighted by molar-refractivity contribution is 0.0593. The molecule has 0 aliphatic heterocycles. The SMILES string of the molecule is COC(=O)c1ccc(NC(C)CCSC)nn1. The summed E-state index contributed by atoms with van der Waals surface area (Å²) in [6, 6.07) is 3.66. The zero-order valence-corrected chi connectivity index (χ0v) is 11.1. The van der Waals surface area contributed by atoms with Gasteiger partial charge in [-0.3, -0.25) is 0 Å². The van der Waals surface area contributed by atoms with Crippen LogP contribution in [0.25, 0.3) is 0 Å². The number of aromatic nitrogens is 2. The number of nitrogens with one attached hydrogen (secondary N) is 1. The Kier molecular flexibility index (Phi) is 5.76. The molecule has 5 nitrogen and oxygen atoms in total. The van der Waals surface area contributed by atoms with Gasteiger partial charge in [0.1, 0.15) is 5.82 Å². The first-order valence-electron chi connectivity index (χ1n) is 5.35. The van der Waals surface area contributed by atoms with Gasteiger partial charge in [-0.25, -0.2) is 4.79 Å². The van der Waals surface area contributed by atoms with E-state index in [0.717, 1.165) is 12.2 Å². The Morgan fingerprint density at radius 3 is 2.82 bits per heavy atom. The first-order valence-corrected chi connectivity index (χ1v) is 6.74. The molecule has 0 aliphatic rings. The van der Waals surface area contributed by atoms with Crippen LogP contribution in [0.1, 0.15) is 23.8 Å². The van der Waals surface area contributed by atoms with Gasteiger partial charge in [0, 0.05) is 6.04 Å². The molecule has 0 bridgehead atoms. The fourth-order valence-corrected chi connectivity index (χ4v) is 1.83. The lowest BCUT2D eigenvalue weighted by atomic mass is 10.2.